The number of hydrogen-bond donors (Lipinski definition) is 0. The van der Waals surface area contributed by atoms with Gasteiger partial charge in [0.1, 0.15) is 23.5 Å². The molecule has 0 aliphatic rings. The van der Waals surface area contributed by atoms with Crippen molar-refractivity contribution in [3.05, 3.63) is 48.2 Å². The minimum absolute atomic E-state index is 0.122. The van der Waals surface area contributed by atoms with Crippen molar-refractivity contribution < 1.29 is 13.6 Å². The molecule has 3 aromatic rings. The van der Waals surface area contributed by atoms with Crippen LogP contribution in [0.2, 0.25) is 0 Å². The number of carbonyl (C=O) groups is 1. The first-order chi connectivity index (χ1) is 8.66. The molecule has 4 nitrogen and oxygen atoms in total. The number of Topliss-reactive ketones (excluding diaryl/α,β-unsaturated/α-hetero) is 1. The second kappa shape index (κ2) is 3.80. The molecule has 0 unspecified atom stereocenters. The van der Waals surface area contributed by atoms with Gasteiger partial charge in [-0.15, -0.1) is 0 Å². The Hall–Kier alpha value is -2.43. The zero-order valence-electron chi connectivity index (χ0n) is 9.55. The van der Waals surface area contributed by atoms with E-state index in [4.69, 9.17) is 4.42 Å². The summed E-state index contributed by atoms with van der Waals surface area (Å²) < 4.78 is 19.6. The lowest BCUT2D eigenvalue weighted by Crippen LogP contribution is -1.99. The molecule has 0 saturated carbocycles. The van der Waals surface area contributed by atoms with Gasteiger partial charge in [0.2, 0.25) is 0 Å². The van der Waals surface area contributed by atoms with Gasteiger partial charge in [0.05, 0.1) is 0 Å². The number of halogens is 1. The lowest BCUT2D eigenvalue weighted by molar-refractivity contribution is 0.101. The van der Waals surface area contributed by atoms with Crippen LogP contribution in [0.3, 0.4) is 0 Å². The van der Waals surface area contributed by atoms with Gasteiger partial charge in [0.25, 0.3) is 0 Å². The van der Waals surface area contributed by atoms with E-state index in [0.29, 0.717) is 22.8 Å². The molecule has 0 N–H and O–H groups in total. The number of ketones is 1. The van der Waals surface area contributed by atoms with E-state index in [-0.39, 0.29) is 11.6 Å². The molecule has 18 heavy (non-hydrogen) atoms. The van der Waals surface area contributed by atoms with Crippen molar-refractivity contribution in [3.63, 3.8) is 0 Å². The van der Waals surface area contributed by atoms with E-state index < -0.39 is 0 Å². The molecule has 0 radical (unpaired) electrons. The van der Waals surface area contributed by atoms with Gasteiger partial charge >= 0.3 is 5.84 Å². The topological polar surface area (TPSA) is 47.5 Å². The van der Waals surface area contributed by atoms with Crippen LogP contribution in [0.5, 0.6) is 0 Å². The summed E-state index contributed by atoms with van der Waals surface area (Å²) in [6.07, 6.45) is 3.09. The summed E-state index contributed by atoms with van der Waals surface area (Å²) in [5.41, 5.74) is 1.62. The standard InChI is InChI=1S/C13H9FN2O2/c1-8(17)12-11(9-2-4-10(14)5-3-9)15-13-16(12)6-7-18-13/h2-7H,1H3. The first kappa shape index (κ1) is 10.7. The van der Waals surface area contributed by atoms with Crippen LogP contribution in [-0.4, -0.2) is 15.2 Å². The van der Waals surface area contributed by atoms with Crippen LogP contribution < -0.4 is 0 Å². The maximum atomic E-state index is 12.9. The number of rotatable bonds is 2. The predicted octanol–water partition coefficient (Wildman–Crippen LogP) is 2.94. The molecule has 2 aromatic heterocycles. The van der Waals surface area contributed by atoms with Crippen LogP contribution >= 0.6 is 0 Å². The van der Waals surface area contributed by atoms with Gasteiger partial charge < -0.3 is 4.42 Å². The summed E-state index contributed by atoms with van der Waals surface area (Å²) in [6, 6.07) is 5.84. The fourth-order valence-corrected chi connectivity index (χ4v) is 1.93. The zero-order chi connectivity index (χ0) is 12.7. The summed E-state index contributed by atoms with van der Waals surface area (Å²) in [6.45, 7) is 1.46. The van der Waals surface area contributed by atoms with Crippen LogP contribution in [0.15, 0.2) is 41.1 Å². The van der Waals surface area contributed by atoms with E-state index in [9.17, 15) is 9.18 Å². The molecule has 3 rings (SSSR count). The van der Waals surface area contributed by atoms with Crippen LogP contribution in [0.25, 0.3) is 17.1 Å². The smallest absolute Gasteiger partial charge is 0.306 e. The molecular weight excluding hydrogens is 235 g/mol. The number of aromatic nitrogens is 2. The van der Waals surface area contributed by atoms with Crippen molar-refractivity contribution in [2.24, 2.45) is 0 Å². The average Bonchev–Trinajstić information content (AvgIpc) is 2.88. The van der Waals surface area contributed by atoms with Gasteiger partial charge in [-0.2, -0.15) is 4.98 Å². The fraction of sp³-hybridized carbons (Fsp3) is 0.0769. The Labute approximate surface area is 102 Å². The predicted molar refractivity (Wildman–Crippen MR) is 62.9 cm³/mol. The van der Waals surface area contributed by atoms with Crippen molar-refractivity contribution >= 4 is 11.6 Å². The van der Waals surface area contributed by atoms with Crippen molar-refractivity contribution in [2.75, 3.05) is 0 Å². The Morgan fingerprint density at radius 1 is 1.33 bits per heavy atom. The van der Waals surface area contributed by atoms with E-state index in [1.165, 1.54) is 25.3 Å². The molecule has 0 atom stereocenters. The third-order valence-corrected chi connectivity index (χ3v) is 2.71. The summed E-state index contributed by atoms with van der Waals surface area (Å²) in [7, 11) is 0. The lowest BCUT2D eigenvalue weighted by Gasteiger charge is -2.00. The first-order valence-corrected chi connectivity index (χ1v) is 5.39. The molecular formula is C13H9FN2O2. The molecule has 2 heterocycles. The first-order valence-electron chi connectivity index (χ1n) is 5.39. The van der Waals surface area contributed by atoms with Gasteiger partial charge in [-0.1, -0.05) is 0 Å². The van der Waals surface area contributed by atoms with Gasteiger partial charge in [-0.25, -0.2) is 4.39 Å². The molecule has 0 fully saturated rings. The van der Waals surface area contributed by atoms with Crippen molar-refractivity contribution in [3.8, 4) is 11.3 Å². The third-order valence-electron chi connectivity index (χ3n) is 2.71. The minimum atomic E-state index is -0.328. The van der Waals surface area contributed by atoms with E-state index >= 15 is 0 Å². The van der Waals surface area contributed by atoms with E-state index in [0.717, 1.165) is 0 Å². The number of hydrogen-bond acceptors (Lipinski definition) is 3. The molecule has 0 bridgehead atoms. The molecule has 0 amide bonds. The maximum Gasteiger partial charge on any atom is 0.306 e. The Kier molecular flexibility index (Phi) is 2.26. The summed E-state index contributed by atoms with van der Waals surface area (Å²) in [4.78, 5) is 15.9. The molecule has 0 aliphatic carbocycles. The normalized spacial score (nSPS) is 11.0. The average molecular weight is 244 g/mol. The van der Waals surface area contributed by atoms with Crippen LogP contribution in [0, 0.1) is 5.82 Å². The monoisotopic (exact) mass is 244 g/mol. The fourth-order valence-electron chi connectivity index (χ4n) is 1.93. The van der Waals surface area contributed by atoms with Gasteiger partial charge in [-0.05, 0) is 24.3 Å². The highest BCUT2D eigenvalue weighted by Gasteiger charge is 2.19. The van der Waals surface area contributed by atoms with Gasteiger partial charge in [0.15, 0.2) is 5.78 Å². The number of carbonyl (C=O) groups excluding carboxylic acids is 1. The third kappa shape index (κ3) is 1.52. The summed E-state index contributed by atoms with van der Waals surface area (Å²) in [5.74, 6) is -0.103. The minimum Gasteiger partial charge on any atom is -0.432 e. The largest absolute Gasteiger partial charge is 0.432 e. The lowest BCUT2D eigenvalue weighted by atomic mass is 10.1. The Balaban J connectivity index is 2.27. The molecule has 1 aromatic carbocycles. The quantitative estimate of drug-likeness (QED) is 0.651. The molecule has 0 aliphatic heterocycles. The Morgan fingerprint density at radius 3 is 2.72 bits per heavy atom. The van der Waals surface area contributed by atoms with Crippen LogP contribution in [0.1, 0.15) is 17.4 Å². The highest BCUT2D eigenvalue weighted by Crippen LogP contribution is 2.25. The molecule has 0 saturated heterocycles. The molecule has 0 spiro atoms. The molecule has 5 heteroatoms. The summed E-state index contributed by atoms with van der Waals surface area (Å²) >= 11 is 0. The van der Waals surface area contributed by atoms with Crippen molar-refractivity contribution in [1.29, 1.82) is 0 Å². The Bertz CT molecular complexity index is 725. The highest BCUT2D eigenvalue weighted by molar-refractivity contribution is 5.99. The van der Waals surface area contributed by atoms with Crippen molar-refractivity contribution in [1.82, 2.24) is 9.38 Å². The number of imidazole rings is 1. The summed E-state index contributed by atoms with van der Waals surface area (Å²) in [5, 5.41) is 0. The van der Waals surface area contributed by atoms with E-state index in [1.807, 2.05) is 0 Å². The SMILES string of the molecule is CC(=O)c1c(-c2ccc(F)cc2)nc2occn12. The molecule has 90 valence electrons. The zero-order valence-corrected chi connectivity index (χ0v) is 9.55. The second-order valence-corrected chi connectivity index (χ2v) is 3.93. The van der Waals surface area contributed by atoms with E-state index in [2.05, 4.69) is 4.98 Å². The second-order valence-electron chi connectivity index (χ2n) is 3.93. The maximum absolute atomic E-state index is 12.9. The number of benzene rings is 1. The van der Waals surface area contributed by atoms with Gasteiger partial charge in [0, 0.05) is 18.7 Å². The van der Waals surface area contributed by atoms with Crippen LogP contribution in [-0.2, 0) is 0 Å². The van der Waals surface area contributed by atoms with Crippen molar-refractivity contribution in [2.45, 2.75) is 6.92 Å². The highest BCUT2D eigenvalue weighted by atomic mass is 19.1. The number of fused-ring (bicyclic) bond motifs is 1. The number of nitrogens with zero attached hydrogens (tertiary/aromatic N) is 2. The number of oxazole rings is 1. The van der Waals surface area contributed by atoms with Crippen LogP contribution in [0.4, 0.5) is 4.39 Å². The van der Waals surface area contributed by atoms with E-state index in [1.54, 1.807) is 22.7 Å². The Morgan fingerprint density at radius 2 is 2.06 bits per heavy atom. The van der Waals surface area contributed by atoms with Gasteiger partial charge in [-0.3, -0.25) is 9.20 Å².